The minimum Gasteiger partial charge on any atom is -0.493 e. The molecular weight excluding hydrogens is 394 g/mol. The van der Waals surface area contributed by atoms with Gasteiger partial charge in [0.15, 0.2) is 16.6 Å². The molecule has 9 heteroatoms. The summed E-state index contributed by atoms with van der Waals surface area (Å²) in [4.78, 5) is 24.7. The maximum Gasteiger partial charge on any atom is 0.269 e. The highest BCUT2D eigenvalue weighted by Crippen LogP contribution is 2.27. The van der Waals surface area contributed by atoms with Crippen LogP contribution in [0.5, 0.6) is 17.2 Å². The molecule has 8 nitrogen and oxygen atoms in total. The van der Waals surface area contributed by atoms with Crippen molar-refractivity contribution < 1.29 is 23.8 Å². The fourth-order valence-corrected chi connectivity index (χ4v) is 2.50. The summed E-state index contributed by atoms with van der Waals surface area (Å²) in [5, 5.41) is 2.44. The number of rotatable bonds is 7. The summed E-state index contributed by atoms with van der Waals surface area (Å²) in [7, 11) is 2.98. The first-order chi connectivity index (χ1) is 14.0. The Morgan fingerprint density at radius 3 is 2.34 bits per heavy atom. The van der Waals surface area contributed by atoms with Gasteiger partial charge >= 0.3 is 0 Å². The van der Waals surface area contributed by atoms with Crippen molar-refractivity contribution in [2.45, 2.75) is 13.3 Å². The van der Waals surface area contributed by atoms with Crippen molar-refractivity contribution in [3.05, 3.63) is 53.6 Å². The molecule has 0 saturated carbocycles. The van der Waals surface area contributed by atoms with Crippen molar-refractivity contribution in [1.29, 1.82) is 0 Å². The monoisotopic (exact) mass is 417 g/mol. The molecule has 154 valence electrons. The molecule has 0 heterocycles. The standard InChI is InChI=1S/C20H23N3O5S/c1-4-11-28-15-8-6-5-7-14(15)19(25)21-20(29)23-22-18(24)13-9-10-16(26-2)17(12-13)27-3/h5-10,12H,4,11H2,1-3H3,(H,22,24)(H2,21,23,25,29). The Labute approximate surface area is 174 Å². The minimum atomic E-state index is -0.464. The van der Waals surface area contributed by atoms with E-state index in [1.165, 1.54) is 20.3 Å². The second kappa shape index (κ2) is 10.9. The number of amides is 2. The number of methoxy groups -OCH3 is 2. The van der Waals surface area contributed by atoms with E-state index in [1.54, 1.807) is 36.4 Å². The van der Waals surface area contributed by atoms with E-state index in [4.69, 9.17) is 26.4 Å². The van der Waals surface area contributed by atoms with Gasteiger partial charge in [-0.15, -0.1) is 0 Å². The predicted molar refractivity (Wildman–Crippen MR) is 112 cm³/mol. The van der Waals surface area contributed by atoms with Gasteiger partial charge in [0.05, 0.1) is 26.4 Å². The van der Waals surface area contributed by atoms with Gasteiger partial charge in [0.25, 0.3) is 11.8 Å². The predicted octanol–water partition coefficient (Wildman–Crippen LogP) is 2.44. The molecule has 0 atom stereocenters. The Bertz CT molecular complexity index is 888. The third kappa shape index (κ3) is 6.08. The van der Waals surface area contributed by atoms with Gasteiger partial charge in [-0.05, 0) is 49.0 Å². The third-order valence-corrected chi connectivity index (χ3v) is 3.96. The lowest BCUT2D eigenvalue weighted by Crippen LogP contribution is -2.48. The molecule has 0 fully saturated rings. The zero-order valence-electron chi connectivity index (χ0n) is 16.4. The van der Waals surface area contributed by atoms with Gasteiger partial charge in [0.2, 0.25) is 0 Å². The van der Waals surface area contributed by atoms with Gasteiger partial charge in [-0.25, -0.2) is 0 Å². The normalized spacial score (nSPS) is 9.90. The van der Waals surface area contributed by atoms with Crippen LogP contribution in [0, 0.1) is 0 Å². The van der Waals surface area contributed by atoms with Crippen LogP contribution in [0.25, 0.3) is 0 Å². The third-order valence-electron chi connectivity index (χ3n) is 3.76. The first kappa shape index (κ1) is 22.0. The topological polar surface area (TPSA) is 97.9 Å². The van der Waals surface area contributed by atoms with Crippen LogP contribution < -0.4 is 30.4 Å². The molecule has 2 aromatic carbocycles. The number of ether oxygens (including phenoxy) is 3. The van der Waals surface area contributed by atoms with Crippen LogP contribution in [0.2, 0.25) is 0 Å². The molecule has 2 aromatic rings. The van der Waals surface area contributed by atoms with E-state index in [9.17, 15) is 9.59 Å². The number of thiocarbonyl (C=S) groups is 1. The number of benzene rings is 2. The highest BCUT2D eigenvalue weighted by molar-refractivity contribution is 7.80. The summed E-state index contributed by atoms with van der Waals surface area (Å²) in [6.07, 6.45) is 0.818. The first-order valence-corrected chi connectivity index (χ1v) is 9.26. The van der Waals surface area contributed by atoms with E-state index >= 15 is 0 Å². The SMILES string of the molecule is CCCOc1ccccc1C(=O)NC(=S)NNC(=O)c1ccc(OC)c(OC)c1. The highest BCUT2D eigenvalue weighted by Gasteiger charge is 2.15. The summed E-state index contributed by atoms with van der Waals surface area (Å²) in [6.45, 7) is 2.47. The van der Waals surface area contributed by atoms with E-state index in [-0.39, 0.29) is 5.11 Å². The average Bonchev–Trinajstić information content (AvgIpc) is 2.75. The molecule has 0 bridgehead atoms. The first-order valence-electron chi connectivity index (χ1n) is 8.85. The number of hydrazine groups is 1. The second-order valence-electron chi connectivity index (χ2n) is 5.78. The summed E-state index contributed by atoms with van der Waals surface area (Å²) < 4.78 is 15.9. The fraction of sp³-hybridized carbons (Fsp3) is 0.250. The molecule has 0 spiro atoms. The van der Waals surface area contributed by atoms with Gasteiger partial charge in [-0.1, -0.05) is 19.1 Å². The molecule has 0 aliphatic carbocycles. The molecule has 0 radical (unpaired) electrons. The molecule has 29 heavy (non-hydrogen) atoms. The average molecular weight is 417 g/mol. The van der Waals surface area contributed by atoms with Crippen molar-refractivity contribution in [2.75, 3.05) is 20.8 Å². The van der Waals surface area contributed by atoms with Crippen LogP contribution in [-0.2, 0) is 0 Å². The van der Waals surface area contributed by atoms with Crippen molar-refractivity contribution in [2.24, 2.45) is 0 Å². The number of nitrogens with one attached hydrogen (secondary N) is 3. The van der Waals surface area contributed by atoms with E-state index in [2.05, 4.69) is 16.2 Å². The summed E-state index contributed by atoms with van der Waals surface area (Å²) in [6, 6.07) is 11.6. The largest absolute Gasteiger partial charge is 0.493 e. The number of hydrogen-bond acceptors (Lipinski definition) is 6. The van der Waals surface area contributed by atoms with Crippen molar-refractivity contribution in [1.82, 2.24) is 16.2 Å². The summed E-state index contributed by atoms with van der Waals surface area (Å²) in [5.74, 6) is 0.469. The number of hydrogen-bond donors (Lipinski definition) is 3. The Kier molecular flexibility index (Phi) is 8.23. The van der Waals surface area contributed by atoms with Gasteiger partial charge in [-0.2, -0.15) is 0 Å². The zero-order chi connectivity index (χ0) is 21.2. The van der Waals surface area contributed by atoms with Crippen molar-refractivity contribution in [3.63, 3.8) is 0 Å². The molecular formula is C20H23N3O5S. The Morgan fingerprint density at radius 1 is 0.931 bits per heavy atom. The molecule has 2 amide bonds. The van der Waals surface area contributed by atoms with E-state index < -0.39 is 11.8 Å². The number of carbonyl (C=O) groups excluding carboxylic acids is 2. The fourth-order valence-electron chi connectivity index (χ4n) is 2.36. The molecule has 0 saturated heterocycles. The molecule has 3 N–H and O–H groups in total. The quantitative estimate of drug-likeness (QED) is 0.470. The van der Waals surface area contributed by atoms with Crippen LogP contribution in [0.4, 0.5) is 0 Å². The number of para-hydroxylation sites is 1. The lowest BCUT2D eigenvalue weighted by molar-refractivity contribution is 0.0933. The van der Waals surface area contributed by atoms with Crippen LogP contribution >= 0.6 is 12.2 Å². The van der Waals surface area contributed by atoms with E-state index in [0.29, 0.717) is 35.0 Å². The Morgan fingerprint density at radius 2 is 1.66 bits per heavy atom. The zero-order valence-corrected chi connectivity index (χ0v) is 17.2. The van der Waals surface area contributed by atoms with Gasteiger partial charge < -0.3 is 14.2 Å². The van der Waals surface area contributed by atoms with Gasteiger partial charge in [-0.3, -0.25) is 25.8 Å². The second-order valence-corrected chi connectivity index (χ2v) is 6.19. The van der Waals surface area contributed by atoms with E-state index in [0.717, 1.165) is 6.42 Å². The Balaban J connectivity index is 1.94. The van der Waals surface area contributed by atoms with Crippen LogP contribution in [0.3, 0.4) is 0 Å². The lowest BCUT2D eigenvalue weighted by atomic mass is 10.2. The van der Waals surface area contributed by atoms with Crippen LogP contribution in [0.1, 0.15) is 34.1 Å². The number of carbonyl (C=O) groups is 2. The molecule has 0 aliphatic heterocycles. The molecule has 2 rings (SSSR count). The van der Waals surface area contributed by atoms with Crippen molar-refractivity contribution in [3.8, 4) is 17.2 Å². The lowest BCUT2D eigenvalue weighted by Gasteiger charge is -2.14. The maximum atomic E-state index is 12.4. The van der Waals surface area contributed by atoms with E-state index in [1.807, 2.05) is 6.92 Å². The molecule has 0 aromatic heterocycles. The van der Waals surface area contributed by atoms with Crippen LogP contribution in [-0.4, -0.2) is 37.8 Å². The summed E-state index contributed by atoms with van der Waals surface area (Å²) in [5.41, 5.74) is 5.58. The van der Waals surface area contributed by atoms with Gasteiger partial charge in [0.1, 0.15) is 5.75 Å². The molecule has 0 aliphatic rings. The van der Waals surface area contributed by atoms with Crippen LogP contribution in [0.15, 0.2) is 42.5 Å². The maximum absolute atomic E-state index is 12.4. The molecule has 0 unspecified atom stereocenters. The van der Waals surface area contributed by atoms with Gasteiger partial charge in [0, 0.05) is 5.56 Å². The smallest absolute Gasteiger partial charge is 0.269 e. The summed E-state index contributed by atoms with van der Waals surface area (Å²) >= 11 is 5.07. The van der Waals surface area contributed by atoms with Crippen molar-refractivity contribution >= 4 is 29.1 Å². The Hall–Kier alpha value is -3.33. The highest BCUT2D eigenvalue weighted by atomic mass is 32.1. The minimum absolute atomic E-state index is 0.0610.